The summed E-state index contributed by atoms with van der Waals surface area (Å²) in [6, 6.07) is 0. The fraction of sp³-hybridized carbons (Fsp3) is 0.667. The molecule has 0 rings (SSSR count). The molecule has 2 atom stereocenters. The van der Waals surface area contributed by atoms with Gasteiger partial charge in [0.05, 0.1) is 0 Å². The molecule has 16 heavy (non-hydrogen) atoms. The summed E-state index contributed by atoms with van der Waals surface area (Å²) in [5, 5.41) is 0. The van der Waals surface area contributed by atoms with E-state index >= 15 is 0 Å². The van der Waals surface area contributed by atoms with Crippen LogP contribution >= 0.6 is 0 Å². The van der Waals surface area contributed by atoms with E-state index in [0.717, 1.165) is 0 Å². The predicted octanol–water partition coefficient (Wildman–Crippen LogP) is -1.49. The molecule has 0 heterocycles. The fourth-order valence-corrected chi connectivity index (χ4v) is 0.686. The first-order valence-electron chi connectivity index (χ1n) is 2.68. The summed E-state index contributed by atoms with van der Waals surface area (Å²) >= 11 is -7.73. The van der Waals surface area contributed by atoms with Crippen LogP contribution in [0, 0.1) is 6.79 Å². The van der Waals surface area contributed by atoms with Crippen molar-refractivity contribution in [1.29, 1.82) is 0 Å². The number of hydrogen-bond acceptors (Lipinski definition) is 4. The molecule has 0 aliphatic rings. The summed E-state index contributed by atoms with van der Waals surface area (Å²) in [5.41, 5.74) is -10.5. The second kappa shape index (κ2) is 7.78. The molecule has 0 amide bonds. The molecule has 92 valence electrons. The smallest absolute Gasteiger partial charge is 0.432 e. The van der Waals surface area contributed by atoms with Gasteiger partial charge >= 0.3 is 62.4 Å². The Bertz CT molecular complexity index is 237. The van der Waals surface area contributed by atoms with Crippen LogP contribution in [0.15, 0.2) is 0 Å². The Morgan fingerprint density at radius 2 is 1.06 bits per heavy atom. The van der Waals surface area contributed by atoms with Crippen molar-refractivity contribution < 1.29 is 94.5 Å². The molecule has 0 saturated carbocycles. The van der Waals surface area contributed by atoms with Crippen LogP contribution in [0.25, 0.3) is 0 Å². The minimum atomic E-state index is -5.26. The van der Waals surface area contributed by atoms with Gasteiger partial charge in [0.1, 0.15) is 0 Å². The van der Waals surface area contributed by atoms with Gasteiger partial charge in [-0.05, 0) is 0 Å². The molecule has 0 aromatic carbocycles. The number of alkyl halides is 6. The van der Waals surface area contributed by atoms with Gasteiger partial charge in [-0.1, -0.05) is 6.79 Å². The third-order valence-corrected chi connectivity index (χ3v) is 1.89. The van der Waals surface area contributed by atoms with E-state index in [4.69, 9.17) is 0 Å². The number of halogens is 6. The molecular weight excluding hydrogens is 317 g/mol. The van der Waals surface area contributed by atoms with Gasteiger partial charge in [-0.2, -0.15) is 26.3 Å². The van der Waals surface area contributed by atoms with Crippen LogP contribution < -0.4 is 51.4 Å². The molecule has 0 aliphatic carbocycles. The van der Waals surface area contributed by atoms with Crippen LogP contribution in [0.1, 0.15) is 0 Å². The molecule has 0 N–H and O–H groups in total. The van der Waals surface area contributed by atoms with E-state index in [1.807, 2.05) is 0 Å². The number of rotatable bonds is 4. The van der Waals surface area contributed by atoms with E-state index in [1.54, 1.807) is 0 Å². The van der Waals surface area contributed by atoms with E-state index < -0.39 is 40.0 Å². The van der Waals surface area contributed by atoms with Gasteiger partial charge in [0.15, 0.2) is 0 Å². The molecule has 0 bridgehead atoms. The molecular formula is C3HF6KO4S2. The molecule has 0 spiro atoms. The molecule has 4 nitrogen and oxygen atoms in total. The zero-order valence-corrected chi connectivity index (χ0v) is 12.1. The Kier molecular flexibility index (Phi) is 9.61. The van der Waals surface area contributed by atoms with Crippen molar-refractivity contribution in [3.63, 3.8) is 0 Å². The van der Waals surface area contributed by atoms with Crippen molar-refractivity contribution in [2.75, 3.05) is 0 Å². The summed E-state index contributed by atoms with van der Waals surface area (Å²) in [6.07, 6.45) is 0. The minimum absolute atomic E-state index is 0. The monoisotopic (exact) mass is 318 g/mol. The van der Waals surface area contributed by atoms with E-state index in [-0.39, 0.29) is 51.4 Å². The Hall–Kier alpha value is 1.44. The predicted molar refractivity (Wildman–Crippen MR) is 34.9 cm³/mol. The molecule has 0 aromatic heterocycles. The van der Waals surface area contributed by atoms with Crippen LogP contribution in [-0.4, -0.2) is 19.4 Å². The van der Waals surface area contributed by atoms with Crippen LogP contribution in [0.5, 0.6) is 0 Å². The van der Waals surface area contributed by atoms with Gasteiger partial charge in [-0.25, -0.2) is 8.42 Å². The fourth-order valence-electron chi connectivity index (χ4n) is 0.197. The zero-order chi connectivity index (χ0) is 12.3. The number of hydrogen-bond donors (Lipinski definition) is 0. The molecule has 0 aromatic rings. The first-order valence-corrected chi connectivity index (χ1v) is 4.83. The van der Waals surface area contributed by atoms with Crippen LogP contribution in [0.2, 0.25) is 0 Å². The Morgan fingerprint density at radius 3 is 1.25 bits per heavy atom. The first-order chi connectivity index (χ1) is 6.55. The molecule has 2 unspecified atom stereocenters. The first kappa shape index (κ1) is 19.8. The topological polar surface area (TPSA) is 52.6 Å². The summed E-state index contributed by atoms with van der Waals surface area (Å²) in [6.45, 7) is -0.548. The SMILES string of the molecule is O=S(O[CH-]OS(=O)C(F)(F)F)C(F)(F)F.[K+]. The second-order valence-corrected chi connectivity index (χ2v) is 3.90. The Labute approximate surface area is 133 Å². The third kappa shape index (κ3) is 8.52. The molecule has 0 aliphatic heterocycles. The largest absolute Gasteiger partial charge is 1.00 e. The summed E-state index contributed by atoms with van der Waals surface area (Å²) < 4.78 is 94.7. The Morgan fingerprint density at radius 1 is 0.812 bits per heavy atom. The molecule has 0 saturated heterocycles. The standard InChI is InChI=1S/C3HF6O4S2.K/c4-2(5,6)14(10)12-1-13-15(11)3(7,8)9;/h1H;/q-1;+1. The van der Waals surface area contributed by atoms with Crippen LogP contribution in [0.3, 0.4) is 0 Å². The van der Waals surface area contributed by atoms with Crippen molar-refractivity contribution >= 4 is 22.2 Å². The maximum absolute atomic E-state index is 11.4. The van der Waals surface area contributed by atoms with Crippen molar-refractivity contribution in [1.82, 2.24) is 0 Å². The molecule has 13 heteroatoms. The van der Waals surface area contributed by atoms with E-state index in [0.29, 0.717) is 0 Å². The van der Waals surface area contributed by atoms with Gasteiger partial charge in [-0.3, -0.25) is 0 Å². The maximum atomic E-state index is 11.4. The van der Waals surface area contributed by atoms with Crippen molar-refractivity contribution in [2.24, 2.45) is 0 Å². The van der Waals surface area contributed by atoms with Crippen molar-refractivity contribution in [2.45, 2.75) is 11.0 Å². The minimum Gasteiger partial charge on any atom is -0.432 e. The van der Waals surface area contributed by atoms with E-state index in [2.05, 4.69) is 8.37 Å². The van der Waals surface area contributed by atoms with Gasteiger partial charge in [-0.15, -0.1) is 0 Å². The summed E-state index contributed by atoms with van der Waals surface area (Å²) in [7, 11) is 0. The Balaban J connectivity index is 0. The summed E-state index contributed by atoms with van der Waals surface area (Å²) in [4.78, 5) is 0. The van der Waals surface area contributed by atoms with E-state index in [9.17, 15) is 34.8 Å². The summed E-state index contributed by atoms with van der Waals surface area (Å²) in [5.74, 6) is 0. The van der Waals surface area contributed by atoms with Gasteiger partial charge in [0, 0.05) is 0 Å². The van der Waals surface area contributed by atoms with Crippen molar-refractivity contribution in [3.05, 3.63) is 6.79 Å². The van der Waals surface area contributed by atoms with Gasteiger partial charge in [0.25, 0.3) is 0 Å². The normalized spacial score (nSPS) is 16.4. The second-order valence-electron chi connectivity index (χ2n) is 1.65. The maximum Gasteiger partial charge on any atom is 1.00 e. The quantitative estimate of drug-likeness (QED) is 0.360. The molecule has 0 radical (unpaired) electrons. The molecule has 0 fully saturated rings. The van der Waals surface area contributed by atoms with Gasteiger partial charge in [0.2, 0.25) is 22.2 Å². The zero-order valence-electron chi connectivity index (χ0n) is 7.29. The van der Waals surface area contributed by atoms with Crippen LogP contribution in [-0.2, 0) is 30.5 Å². The van der Waals surface area contributed by atoms with Crippen LogP contribution in [0.4, 0.5) is 26.3 Å². The van der Waals surface area contributed by atoms with E-state index in [1.165, 1.54) is 0 Å². The third-order valence-electron chi connectivity index (χ3n) is 0.631. The average molecular weight is 318 g/mol. The average Bonchev–Trinajstić information content (AvgIpc) is 2.00. The van der Waals surface area contributed by atoms with Gasteiger partial charge < -0.3 is 8.37 Å². The van der Waals surface area contributed by atoms with Crippen molar-refractivity contribution in [3.8, 4) is 0 Å².